The van der Waals surface area contributed by atoms with Crippen LogP contribution in [0.1, 0.15) is 19.8 Å². The van der Waals surface area contributed by atoms with Crippen molar-refractivity contribution in [3.8, 4) is 0 Å². The molecule has 1 fully saturated rings. The molecule has 0 aromatic heterocycles. The maximum atomic E-state index is 6.22. The van der Waals surface area contributed by atoms with Gasteiger partial charge in [0.1, 0.15) is 0 Å². The highest BCUT2D eigenvalue weighted by molar-refractivity contribution is 6.34. The van der Waals surface area contributed by atoms with Crippen LogP contribution in [0, 0.1) is 5.92 Å². The van der Waals surface area contributed by atoms with E-state index in [1.54, 1.807) is 0 Å². The van der Waals surface area contributed by atoms with Gasteiger partial charge in [0.15, 0.2) is 0 Å². The van der Waals surface area contributed by atoms with Gasteiger partial charge < -0.3 is 10.2 Å². The average molecular weight is 239 g/mol. The normalized spacial score (nSPS) is 17.0. The van der Waals surface area contributed by atoms with Crippen LogP contribution in [0.3, 0.4) is 0 Å². The van der Waals surface area contributed by atoms with E-state index in [1.165, 1.54) is 12.8 Å². The molecule has 1 aromatic carbocycles. The van der Waals surface area contributed by atoms with E-state index >= 15 is 0 Å². The third-order valence-corrected chi connectivity index (χ3v) is 3.45. The Balaban J connectivity index is 2.21. The molecule has 1 aliphatic rings. The summed E-state index contributed by atoms with van der Waals surface area (Å²) in [5.74, 6) is 0.842. The lowest BCUT2D eigenvalue weighted by molar-refractivity contribution is 0.694. The summed E-state index contributed by atoms with van der Waals surface area (Å²) in [5, 5.41) is 4.37. The molecule has 0 bridgehead atoms. The molecule has 0 saturated heterocycles. The van der Waals surface area contributed by atoms with E-state index in [-0.39, 0.29) is 0 Å². The first-order valence-electron chi connectivity index (χ1n) is 5.82. The molecule has 88 valence electrons. The quantitative estimate of drug-likeness (QED) is 0.862. The number of nitrogens with one attached hydrogen (secondary N) is 1. The minimum absolute atomic E-state index is 0.539. The van der Waals surface area contributed by atoms with Crippen molar-refractivity contribution in [2.24, 2.45) is 5.92 Å². The molecule has 1 N–H and O–H groups in total. The SMILES string of the molecule is CC(Nc1cccc(Cl)c1N(C)C)C1CC1. The molecule has 0 spiro atoms. The standard InChI is InChI=1S/C13H19ClN2/c1-9(10-7-8-10)15-12-6-4-5-11(14)13(12)16(2)3/h4-6,9-10,15H,7-8H2,1-3H3. The maximum absolute atomic E-state index is 6.22. The third kappa shape index (κ3) is 2.43. The van der Waals surface area contributed by atoms with Crippen LogP contribution in [0.5, 0.6) is 0 Å². The third-order valence-electron chi connectivity index (χ3n) is 3.15. The monoisotopic (exact) mass is 238 g/mol. The molecule has 0 radical (unpaired) electrons. The zero-order valence-corrected chi connectivity index (χ0v) is 10.9. The van der Waals surface area contributed by atoms with Crippen molar-refractivity contribution >= 4 is 23.0 Å². The van der Waals surface area contributed by atoms with Crippen molar-refractivity contribution in [1.29, 1.82) is 0 Å². The van der Waals surface area contributed by atoms with Crippen LogP contribution < -0.4 is 10.2 Å². The van der Waals surface area contributed by atoms with Gasteiger partial charge in [-0.15, -0.1) is 0 Å². The van der Waals surface area contributed by atoms with E-state index in [9.17, 15) is 0 Å². The molecular formula is C13H19ClN2. The summed E-state index contributed by atoms with van der Waals surface area (Å²) in [6.45, 7) is 2.25. The van der Waals surface area contributed by atoms with Gasteiger partial charge in [0.2, 0.25) is 0 Å². The maximum Gasteiger partial charge on any atom is 0.0786 e. The summed E-state index contributed by atoms with van der Waals surface area (Å²) in [4.78, 5) is 2.06. The van der Waals surface area contributed by atoms with Crippen LogP contribution in [-0.2, 0) is 0 Å². The Morgan fingerprint density at radius 1 is 1.38 bits per heavy atom. The fourth-order valence-electron chi connectivity index (χ4n) is 2.05. The van der Waals surface area contributed by atoms with E-state index in [2.05, 4.69) is 23.2 Å². The van der Waals surface area contributed by atoms with Gasteiger partial charge in [-0.2, -0.15) is 0 Å². The predicted octanol–water partition coefficient (Wildman–Crippen LogP) is 3.62. The molecule has 16 heavy (non-hydrogen) atoms. The second-order valence-corrected chi connectivity index (χ2v) is 5.21. The van der Waals surface area contributed by atoms with Gasteiger partial charge in [0.25, 0.3) is 0 Å². The van der Waals surface area contributed by atoms with E-state index in [4.69, 9.17) is 11.6 Å². The van der Waals surface area contributed by atoms with Crippen LogP contribution in [0.2, 0.25) is 5.02 Å². The molecule has 1 aliphatic carbocycles. The van der Waals surface area contributed by atoms with Gasteiger partial charge in [-0.25, -0.2) is 0 Å². The second-order valence-electron chi connectivity index (χ2n) is 4.80. The molecule has 2 rings (SSSR count). The first-order chi connectivity index (χ1) is 7.59. The molecular weight excluding hydrogens is 220 g/mol. The Hall–Kier alpha value is -0.890. The van der Waals surface area contributed by atoms with E-state index in [0.717, 1.165) is 22.3 Å². The van der Waals surface area contributed by atoms with Gasteiger partial charge in [-0.1, -0.05) is 17.7 Å². The van der Waals surface area contributed by atoms with Gasteiger partial charge in [0.05, 0.1) is 16.4 Å². The zero-order chi connectivity index (χ0) is 11.7. The number of benzene rings is 1. The van der Waals surface area contributed by atoms with E-state index < -0.39 is 0 Å². The highest BCUT2D eigenvalue weighted by Gasteiger charge is 2.28. The minimum atomic E-state index is 0.539. The van der Waals surface area contributed by atoms with Crippen LogP contribution in [0.15, 0.2) is 18.2 Å². The number of nitrogens with zero attached hydrogens (tertiary/aromatic N) is 1. The topological polar surface area (TPSA) is 15.3 Å². The lowest BCUT2D eigenvalue weighted by Gasteiger charge is -2.22. The molecule has 1 unspecified atom stereocenters. The summed E-state index contributed by atoms with van der Waals surface area (Å²) in [6.07, 6.45) is 2.71. The van der Waals surface area contributed by atoms with Gasteiger partial charge in [0, 0.05) is 20.1 Å². The van der Waals surface area contributed by atoms with E-state index in [0.29, 0.717) is 6.04 Å². The Morgan fingerprint density at radius 2 is 2.06 bits per heavy atom. The number of hydrogen-bond acceptors (Lipinski definition) is 2. The largest absolute Gasteiger partial charge is 0.381 e. The summed E-state index contributed by atoms with van der Waals surface area (Å²) >= 11 is 6.22. The fraction of sp³-hybridized carbons (Fsp3) is 0.538. The van der Waals surface area contributed by atoms with Crippen LogP contribution >= 0.6 is 11.6 Å². The number of halogens is 1. The molecule has 0 heterocycles. The Morgan fingerprint density at radius 3 is 2.62 bits per heavy atom. The van der Waals surface area contributed by atoms with Crippen molar-refractivity contribution in [2.45, 2.75) is 25.8 Å². The lowest BCUT2D eigenvalue weighted by Crippen LogP contribution is -2.20. The highest BCUT2D eigenvalue weighted by Crippen LogP contribution is 2.37. The molecule has 1 aromatic rings. The first kappa shape index (κ1) is 11.6. The molecule has 1 saturated carbocycles. The van der Waals surface area contributed by atoms with Crippen molar-refractivity contribution in [3.05, 3.63) is 23.2 Å². The molecule has 1 atom stereocenters. The number of anilines is 2. The van der Waals surface area contributed by atoms with Crippen molar-refractivity contribution in [1.82, 2.24) is 0 Å². The smallest absolute Gasteiger partial charge is 0.0786 e. The first-order valence-corrected chi connectivity index (χ1v) is 6.19. The summed E-state index contributed by atoms with van der Waals surface area (Å²) in [6, 6.07) is 6.57. The Labute approximate surface area is 103 Å². The number of hydrogen-bond donors (Lipinski definition) is 1. The van der Waals surface area contributed by atoms with Gasteiger partial charge in [-0.05, 0) is 37.8 Å². The predicted molar refractivity (Wildman–Crippen MR) is 71.6 cm³/mol. The molecule has 2 nitrogen and oxygen atoms in total. The van der Waals surface area contributed by atoms with Crippen LogP contribution in [0.4, 0.5) is 11.4 Å². The van der Waals surface area contributed by atoms with Crippen molar-refractivity contribution in [3.63, 3.8) is 0 Å². The second kappa shape index (κ2) is 4.54. The fourth-order valence-corrected chi connectivity index (χ4v) is 2.39. The van der Waals surface area contributed by atoms with Crippen molar-refractivity contribution < 1.29 is 0 Å². The minimum Gasteiger partial charge on any atom is -0.381 e. The average Bonchev–Trinajstić information content (AvgIpc) is 2.99. The molecule has 0 amide bonds. The van der Waals surface area contributed by atoms with Gasteiger partial charge >= 0.3 is 0 Å². The zero-order valence-electron chi connectivity index (χ0n) is 10.1. The summed E-state index contributed by atoms with van der Waals surface area (Å²) < 4.78 is 0. The van der Waals surface area contributed by atoms with E-state index in [1.807, 2.05) is 26.2 Å². The summed E-state index contributed by atoms with van der Waals surface area (Å²) in [7, 11) is 4.04. The van der Waals surface area contributed by atoms with Gasteiger partial charge in [-0.3, -0.25) is 0 Å². The van der Waals surface area contributed by atoms with Crippen molar-refractivity contribution in [2.75, 3.05) is 24.3 Å². The van der Waals surface area contributed by atoms with Crippen LogP contribution in [0.25, 0.3) is 0 Å². The Kier molecular flexibility index (Phi) is 3.29. The van der Waals surface area contributed by atoms with Crippen LogP contribution in [-0.4, -0.2) is 20.1 Å². The number of para-hydroxylation sites is 1. The lowest BCUT2D eigenvalue weighted by atomic mass is 10.2. The number of rotatable bonds is 4. The molecule has 0 aliphatic heterocycles. The summed E-state index contributed by atoms with van der Waals surface area (Å²) in [5.41, 5.74) is 2.22. The highest BCUT2D eigenvalue weighted by atomic mass is 35.5. The Bertz CT molecular complexity index is 372. The molecule has 3 heteroatoms.